The highest BCUT2D eigenvalue weighted by Gasteiger charge is 2.37. The summed E-state index contributed by atoms with van der Waals surface area (Å²) < 4.78 is 56.4. The lowest BCUT2D eigenvalue weighted by Crippen LogP contribution is -2.34. The van der Waals surface area contributed by atoms with E-state index in [1.54, 1.807) is 24.3 Å². The lowest BCUT2D eigenvalue weighted by Gasteiger charge is -2.42. The quantitative estimate of drug-likeness (QED) is 0.0382. The van der Waals surface area contributed by atoms with Gasteiger partial charge in [0.25, 0.3) is 10.1 Å². The first kappa shape index (κ1) is 42.1. The second-order valence-corrected chi connectivity index (χ2v) is 16.0. The first-order valence-electron chi connectivity index (χ1n) is 18.1. The van der Waals surface area contributed by atoms with Crippen molar-refractivity contribution in [2.75, 3.05) is 73.2 Å². The average molecular weight is 754 g/mol. The molecule has 1 aliphatic rings. The zero-order valence-corrected chi connectivity index (χ0v) is 33.0. The predicted molar refractivity (Wildman–Crippen MR) is 203 cm³/mol. The van der Waals surface area contributed by atoms with E-state index in [0.29, 0.717) is 57.5 Å². The van der Waals surface area contributed by atoms with Gasteiger partial charge in [0, 0.05) is 11.1 Å². The van der Waals surface area contributed by atoms with Crippen molar-refractivity contribution < 1.29 is 45.9 Å². The van der Waals surface area contributed by atoms with Crippen molar-refractivity contribution in [1.82, 2.24) is 0 Å². The Kier molecular flexibility index (Phi) is 15.6. The Hall–Kier alpha value is -3.65. The Morgan fingerprint density at radius 3 is 1.66 bits per heavy atom. The number of benzene rings is 3. The highest BCUT2D eigenvalue weighted by molar-refractivity contribution is 7.86. The van der Waals surface area contributed by atoms with Crippen molar-refractivity contribution in [3.8, 4) is 0 Å². The summed E-state index contributed by atoms with van der Waals surface area (Å²) in [6.45, 7) is 16.1. The molecule has 0 N–H and O–H groups in total. The molecule has 0 amide bonds. The summed E-state index contributed by atoms with van der Waals surface area (Å²) in [4.78, 5) is 18.0. The van der Waals surface area contributed by atoms with Crippen molar-refractivity contribution in [2.45, 2.75) is 70.1 Å². The minimum atomic E-state index is -3.80. The summed E-state index contributed by atoms with van der Waals surface area (Å²) in [5, 5.41) is 4.61. The predicted octanol–water partition coefficient (Wildman–Crippen LogP) is 6.68. The summed E-state index contributed by atoms with van der Waals surface area (Å²) in [5.41, 5.74) is 7.86. The highest BCUT2D eigenvalue weighted by atomic mass is 32.2. The number of oxime groups is 1. The Balaban J connectivity index is 1.16. The first-order chi connectivity index (χ1) is 25.2. The van der Waals surface area contributed by atoms with Crippen molar-refractivity contribution in [3.05, 3.63) is 99.6 Å². The van der Waals surface area contributed by atoms with Gasteiger partial charge in [-0.2, -0.15) is 8.42 Å². The number of ether oxygens (including phenoxy) is 5. The normalized spacial score (nSPS) is 15.2. The molecule has 3 aromatic carbocycles. The van der Waals surface area contributed by atoms with E-state index in [2.05, 4.69) is 51.9 Å². The van der Waals surface area contributed by atoms with Gasteiger partial charge in [-0.3, -0.25) is 4.18 Å². The summed E-state index contributed by atoms with van der Waals surface area (Å²) in [6.07, 6.45) is 2.23. The van der Waals surface area contributed by atoms with E-state index in [1.165, 1.54) is 30.4 Å². The zero-order valence-electron chi connectivity index (χ0n) is 32.2. The van der Waals surface area contributed by atoms with E-state index in [-0.39, 0.29) is 35.5 Å². The summed E-state index contributed by atoms with van der Waals surface area (Å²) >= 11 is 0. The van der Waals surface area contributed by atoms with Gasteiger partial charge < -0.3 is 28.5 Å². The molecule has 0 saturated heterocycles. The van der Waals surface area contributed by atoms with Gasteiger partial charge in [0.15, 0.2) is 0 Å². The molecule has 0 fully saturated rings. The third-order valence-electron chi connectivity index (χ3n) is 9.40. The van der Waals surface area contributed by atoms with Gasteiger partial charge >= 0.3 is 5.97 Å². The highest BCUT2D eigenvalue weighted by Crippen LogP contribution is 2.46. The molecule has 0 aliphatic heterocycles. The van der Waals surface area contributed by atoms with Crippen LogP contribution in [0.15, 0.2) is 70.7 Å². The molecule has 11 nitrogen and oxygen atoms in total. The molecule has 0 bridgehead atoms. The van der Waals surface area contributed by atoms with Gasteiger partial charge in [0.1, 0.15) is 12.3 Å². The van der Waals surface area contributed by atoms with Gasteiger partial charge in [-0.25, -0.2) is 4.79 Å². The van der Waals surface area contributed by atoms with E-state index in [4.69, 9.17) is 32.7 Å². The van der Waals surface area contributed by atoms with Crippen molar-refractivity contribution in [1.29, 1.82) is 0 Å². The second kappa shape index (κ2) is 19.6. The first-order valence-corrected chi connectivity index (χ1v) is 19.5. The van der Waals surface area contributed by atoms with Gasteiger partial charge in [-0.05, 0) is 84.5 Å². The van der Waals surface area contributed by atoms with Crippen LogP contribution in [-0.2, 0) is 53.7 Å². The third-order valence-corrected chi connectivity index (χ3v) is 10.7. The van der Waals surface area contributed by atoms with Crippen LogP contribution in [0, 0.1) is 13.8 Å². The molecule has 0 atom stereocenters. The molecule has 0 spiro atoms. The average Bonchev–Trinajstić information content (AvgIpc) is 3.13. The Morgan fingerprint density at radius 1 is 0.660 bits per heavy atom. The molecule has 290 valence electrons. The van der Waals surface area contributed by atoms with E-state index >= 15 is 0 Å². The maximum Gasteiger partial charge on any atom is 0.337 e. The van der Waals surface area contributed by atoms with Crippen LogP contribution in [0.1, 0.15) is 84.3 Å². The number of methoxy groups -OCH3 is 1. The lowest BCUT2D eigenvalue weighted by molar-refractivity contribution is -0.0122. The minimum absolute atomic E-state index is 0.0254. The van der Waals surface area contributed by atoms with Crippen molar-refractivity contribution >= 4 is 21.8 Å². The van der Waals surface area contributed by atoms with Crippen LogP contribution < -0.4 is 0 Å². The maximum atomic E-state index is 12.2. The molecule has 4 rings (SSSR count). The standard InChI is InChI=1S/C41H55NO10S/c1-30-8-14-34(15-9-30)53(44,45)52-27-25-50-23-21-48-19-18-47-20-22-49-24-26-51-42-38(32-10-12-33(13-11-32)39(43)46-7)35-29-37-36(28-31(35)2)40(3,4)16-17-41(37,5)6/h8-15,28-29H,16-27H2,1-7H3/b42-38-. The summed E-state index contributed by atoms with van der Waals surface area (Å²) in [6, 6.07) is 18.3. The molecule has 12 heteroatoms. The number of carbonyl (C=O) groups excluding carboxylic acids is 1. The largest absolute Gasteiger partial charge is 0.465 e. The van der Waals surface area contributed by atoms with Crippen LogP contribution in [0.2, 0.25) is 0 Å². The van der Waals surface area contributed by atoms with Crippen molar-refractivity contribution in [3.63, 3.8) is 0 Å². The van der Waals surface area contributed by atoms with Crippen LogP contribution in [-0.4, -0.2) is 93.3 Å². The van der Waals surface area contributed by atoms with Gasteiger partial charge in [0.05, 0.1) is 77.0 Å². The van der Waals surface area contributed by atoms with Crippen LogP contribution in [0.3, 0.4) is 0 Å². The number of fused-ring (bicyclic) bond motifs is 1. The van der Waals surface area contributed by atoms with Crippen molar-refractivity contribution in [2.24, 2.45) is 5.16 Å². The van der Waals surface area contributed by atoms with Gasteiger partial charge in [-0.15, -0.1) is 0 Å². The Bertz CT molecular complexity index is 1770. The smallest absolute Gasteiger partial charge is 0.337 e. The van der Waals surface area contributed by atoms with Crippen LogP contribution in [0.5, 0.6) is 0 Å². The van der Waals surface area contributed by atoms with Gasteiger partial charge in [-0.1, -0.05) is 68.7 Å². The van der Waals surface area contributed by atoms with Crippen LogP contribution >= 0.6 is 0 Å². The molecule has 1 aliphatic carbocycles. The monoisotopic (exact) mass is 753 g/mol. The number of aryl methyl sites for hydroxylation is 2. The van der Waals surface area contributed by atoms with E-state index < -0.39 is 16.1 Å². The van der Waals surface area contributed by atoms with Crippen LogP contribution in [0.4, 0.5) is 0 Å². The maximum absolute atomic E-state index is 12.2. The van der Waals surface area contributed by atoms with E-state index in [0.717, 1.165) is 35.1 Å². The molecule has 0 unspecified atom stereocenters. The number of carbonyl (C=O) groups is 1. The number of hydrogen-bond acceptors (Lipinski definition) is 11. The fraction of sp³-hybridized carbons (Fsp3) is 0.512. The molecule has 0 aromatic heterocycles. The van der Waals surface area contributed by atoms with Crippen LogP contribution in [0.25, 0.3) is 0 Å². The lowest BCUT2D eigenvalue weighted by atomic mass is 9.62. The van der Waals surface area contributed by atoms with Gasteiger partial charge in [0.2, 0.25) is 0 Å². The topological polar surface area (TPSA) is 128 Å². The number of hydrogen-bond donors (Lipinski definition) is 0. The number of esters is 1. The summed E-state index contributed by atoms with van der Waals surface area (Å²) in [7, 11) is -2.43. The molecular formula is C41H55NO10S. The fourth-order valence-corrected chi connectivity index (χ4v) is 6.95. The fourth-order valence-electron chi connectivity index (χ4n) is 6.06. The zero-order chi connectivity index (χ0) is 38.5. The third kappa shape index (κ3) is 12.2. The minimum Gasteiger partial charge on any atom is -0.465 e. The number of rotatable bonds is 21. The van der Waals surface area contributed by atoms with E-state index in [9.17, 15) is 13.2 Å². The molecule has 0 radical (unpaired) electrons. The SMILES string of the molecule is COC(=O)c1ccc(/C(=N/OCCOCCOCCOCCOCCOS(=O)(=O)c2ccc(C)cc2)c2cc3c(cc2C)C(C)(C)CCC3(C)C)cc1. The Morgan fingerprint density at radius 2 is 1.13 bits per heavy atom. The molecule has 0 heterocycles. The van der Waals surface area contributed by atoms with E-state index in [1.807, 2.05) is 19.1 Å². The molecule has 3 aromatic rings. The number of nitrogens with zero attached hydrogens (tertiary/aromatic N) is 1. The molecular weight excluding hydrogens is 699 g/mol. The summed E-state index contributed by atoms with van der Waals surface area (Å²) in [5.74, 6) is -0.395. The second-order valence-electron chi connectivity index (χ2n) is 14.4. The Labute approximate surface area is 315 Å². The molecule has 0 saturated carbocycles. The molecule has 53 heavy (non-hydrogen) atoms.